The summed E-state index contributed by atoms with van der Waals surface area (Å²) in [7, 11) is 1.34. The minimum absolute atomic E-state index is 0.123. The van der Waals surface area contributed by atoms with Gasteiger partial charge in [0, 0.05) is 17.3 Å². The summed E-state index contributed by atoms with van der Waals surface area (Å²) in [4.78, 5) is 15.5. The van der Waals surface area contributed by atoms with E-state index < -0.39 is 0 Å². The number of carbonyl (C=O) groups excluding carboxylic acids is 1. The summed E-state index contributed by atoms with van der Waals surface area (Å²) in [5.41, 5.74) is 1.14. The van der Waals surface area contributed by atoms with E-state index in [9.17, 15) is 9.90 Å². The van der Waals surface area contributed by atoms with E-state index in [1.807, 2.05) is 6.07 Å². The Balaban J connectivity index is 2.22. The molecule has 1 saturated carbocycles. The molecule has 1 aromatic rings. The lowest BCUT2D eigenvalue weighted by Gasteiger charge is -2.39. The summed E-state index contributed by atoms with van der Waals surface area (Å²) in [6, 6.07) is 3.51. The number of rotatable bonds is 3. The highest BCUT2D eigenvalue weighted by molar-refractivity contribution is 5.88. The Kier molecular flexibility index (Phi) is 2.92. The summed E-state index contributed by atoms with van der Waals surface area (Å²) in [5.74, 6) is -0.384. The third kappa shape index (κ3) is 1.69. The van der Waals surface area contributed by atoms with Gasteiger partial charge < -0.3 is 9.84 Å². The molecule has 0 radical (unpaired) electrons. The molecule has 2 rings (SSSR count). The predicted molar refractivity (Wildman–Crippen MR) is 58.2 cm³/mol. The molecule has 16 heavy (non-hydrogen) atoms. The lowest BCUT2D eigenvalue weighted by molar-refractivity contribution is 0.0600. The largest absolute Gasteiger partial charge is 0.465 e. The van der Waals surface area contributed by atoms with Crippen molar-refractivity contribution < 1.29 is 14.6 Å². The Hall–Kier alpha value is -1.42. The number of hydrogen-bond donors (Lipinski definition) is 1. The monoisotopic (exact) mass is 221 g/mol. The zero-order valence-corrected chi connectivity index (χ0v) is 9.27. The van der Waals surface area contributed by atoms with Crippen LogP contribution in [0.1, 0.15) is 35.3 Å². The van der Waals surface area contributed by atoms with Crippen LogP contribution in [0.3, 0.4) is 0 Å². The second-order valence-electron chi connectivity index (χ2n) is 4.22. The quantitative estimate of drug-likeness (QED) is 0.781. The molecule has 0 aliphatic heterocycles. The van der Waals surface area contributed by atoms with Gasteiger partial charge in [-0.1, -0.05) is 6.42 Å². The van der Waals surface area contributed by atoms with Crippen molar-refractivity contribution in [3.8, 4) is 0 Å². The Morgan fingerprint density at radius 1 is 1.56 bits per heavy atom. The average molecular weight is 221 g/mol. The molecule has 1 aliphatic rings. The molecule has 0 unspecified atom stereocenters. The number of ether oxygens (including phenoxy) is 1. The molecule has 0 saturated heterocycles. The second kappa shape index (κ2) is 4.22. The number of aliphatic hydroxyl groups excluding tert-OH is 1. The summed E-state index contributed by atoms with van der Waals surface area (Å²) in [6.45, 7) is 0.123. The van der Waals surface area contributed by atoms with Gasteiger partial charge in [-0.2, -0.15) is 0 Å². The van der Waals surface area contributed by atoms with Crippen LogP contribution < -0.4 is 0 Å². The molecular weight excluding hydrogens is 206 g/mol. The number of aromatic nitrogens is 1. The smallest absolute Gasteiger partial charge is 0.339 e. The summed E-state index contributed by atoms with van der Waals surface area (Å²) < 4.78 is 4.60. The van der Waals surface area contributed by atoms with Crippen LogP contribution in [-0.4, -0.2) is 29.8 Å². The fourth-order valence-corrected chi connectivity index (χ4v) is 2.04. The number of nitrogens with zero attached hydrogens (tertiary/aromatic N) is 1. The van der Waals surface area contributed by atoms with Crippen molar-refractivity contribution in [1.82, 2.24) is 4.98 Å². The number of esters is 1. The minimum Gasteiger partial charge on any atom is -0.465 e. The number of pyridine rings is 1. The number of methoxy groups -OCH3 is 1. The Morgan fingerprint density at radius 2 is 2.31 bits per heavy atom. The van der Waals surface area contributed by atoms with Gasteiger partial charge in [0.1, 0.15) is 0 Å². The van der Waals surface area contributed by atoms with Crippen molar-refractivity contribution in [3.63, 3.8) is 0 Å². The van der Waals surface area contributed by atoms with Gasteiger partial charge in [0.2, 0.25) is 0 Å². The molecule has 4 nitrogen and oxygen atoms in total. The molecule has 86 valence electrons. The standard InChI is InChI=1S/C12H15NO3/c1-16-11(15)9-3-4-10(13-7-9)12(8-14)5-2-6-12/h3-4,7,14H,2,5-6,8H2,1H3. The molecule has 0 spiro atoms. The maximum atomic E-state index is 11.2. The van der Waals surface area contributed by atoms with Gasteiger partial charge in [0.25, 0.3) is 0 Å². The van der Waals surface area contributed by atoms with Gasteiger partial charge in [0.05, 0.1) is 19.3 Å². The second-order valence-corrected chi connectivity index (χ2v) is 4.22. The van der Waals surface area contributed by atoms with Crippen LogP contribution in [0.2, 0.25) is 0 Å². The van der Waals surface area contributed by atoms with Crippen LogP contribution in [0.15, 0.2) is 18.3 Å². The zero-order valence-electron chi connectivity index (χ0n) is 9.27. The van der Waals surface area contributed by atoms with Gasteiger partial charge in [0.15, 0.2) is 0 Å². The first-order valence-corrected chi connectivity index (χ1v) is 5.37. The predicted octanol–water partition coefficient (Wildman–Crippen LogP) is 1.28. The summed E-state index contributed by atoms with van der Waals surface area (Å²) >= 11 is 0. The van der Waals surface area contributed by atoms with Crippen molar-refractivity contribution in [3.05, 3.63) is 29.6 Å². The van der Waals surface area contributed by atoms with Gasteiger partial charge in [-0.3, -0.25) is 4.98 Å². The third-order valence-corrected chi connectivity index (χ3v) is 3.34. The number of hydrogen-bond acceptors (Lipinski definition) is 4. The highest BCUT2D eigenvalue weighted by atomic mass is 16.5. The molecule has 0 bridgehead atoms. The topological polar surface area (TPSA) is 59.4 Å². The van der Waals surface area contributed by atoms with Crippen molar-refractivity contribution in [2.75, 3.05) is 13.7 Å². The van der Waals surface area contributed by atoms with Crippen molar-refractivity contribution in [2.45, 2.75) is 24.7 Å². The number of aliphatic hydroxyl groups is 1. The highest BCUT2D eigenvalue weighted by Crippen LogP contribution is 2.42. The van der Waals surface area contributed by atoms with Gasteiger partial charge >= 0.3 is 5.97 Å². The fraction of sp³-hybridized carbons (Fsp3) is 0.500. The van der Waals surface area contributed by atoms with E-state index in [0.717, 1.165) is 25.0 Å². The molecule has 4 heteroatoms. The van der Waals surface area contributed by atoms with E-state index in [0.29, 0.717) is 5.56 Å². The average Bonchev–Trinajstić information content (AvgIpc) is 2.28. The first-order valence-electron chi connectivity index (χ1n) is 5.37. The minimum atomic E-state index is -0.384. The van der Waals surface area contributed by atoms with E-state index in [2.05, 4.69) is 9.72 Å². The molecule has 1 heterocycles. The van der Waals surface area contributed by atoms with Crippen molar-refractivity contribution >= 4 is 5.97 Å². The SMILES string of the molecule is COC(=O)c1ccc(C2(CO)CCC2)nc1. The van der Waals surface area contributed by atoms with Gasteiger partial charge in [-0.05, 0) is 25.0 Å². The van der Waals surface area contributed by atoms with E-state index in [1.165, 1.54) is 13.3 Å². The van der Waals surface area contributed by atoms with E-state index in [-0.39, 0.29) is 18.0 Å². The van der Waals surface area contributed by atoms with Gasteiger partial charge in [-0.25, -0.2) is 4.79 Å². The molecule has 0 amide bonds. The number of carbonyl (C=O) groups is 1. The van der Waals surface area contributed by atoms with Crippen LogP contribution in [0.25, 0.3) is 0 Å². The molecule has 1 aromatic heterocycles. The van der Waals surface area contributed by atoms with Gasteiger partial charge in [-0.15, -0.1) is 0 Å². The lowest BCUT2D eigenvalue weighted by atomic mass is 9.67. The van der Waals surface area contributed by atoms with Crippen LogP contribution >= 0.6 is 0 Å². The maximum absolute atomic E-state index is 11.2. The highest BCUT2D eigenvalue weighted by Gasteiger charge is 2.39. The van der Waals surface area contributed by atoms with Crippen LogP contribution in [-0.2, 0) is 10.2 Å². The van der Waals surface area contributed by atoms with Crippen molar-refractivity contribution in [1.29, 1.82) is 0 Å². The van der Waals surface area contributed by atoms with E-state index in [4.69, 9.17) is 0 Å². The Bertz CT molecular complexity index is 376. The van der Waals surface area contributed by atoms with Crippen LogP contribution in [0, 0.1) is 0 Å². The summed E-state index contributed by atoms with van der Waals surface area (Å²) in [5, 5.41) is 9.38. The third-order valence-electron chi connectivity index (χ3n) is 3.34. The zero-order chi connectivity index (χ0) is 11.6. The maximum Gasteiger partial charge on any atom is 0.339 e. The molecule has 1 N–H and O–H groups in total. The summed E-state index contributed by atoms with van der Waals surface area (Å²) in [6.07, 6.45) is 4.57. The van der Waals surface area contributed by atoms with Crippen LogP contribution in [0.5, 0.6) is 0 Å². The first kappa shape index (κ1) is 11.1. The Labute approximate surface area is 94.3 Å². The van der Waals surface area contributed by atoms with E-state index in [1.54, 1.807) is 6.07 Å². The fourth-order valence-electron chi connectivity index (χ4n) is 2.04. The van der Waals surface area contributed by atoms with E-state index >= 15 is 0 Å². The van der Waals surface area contributed by atoms with Crippen LogP contribution in [0.4, 0.5) is 0 Å². The molecule has 1 fully saturated rings. The molecule has 1 aliphatic carbocycles. The normalized spacial score (nSPS) is 17.6. The molecule has 0 aromatic carbocycles. The Morgan fingerprint density at radius 3 is 2.69 bits per heavy atom. The molecular formula is C12H15NO3. The molecule has 0 atom stereocenters. The first-order chi connectivity index (χ1) is 7.72. The lowest BCUT2D eigenvalue weighted by Crippen LogP contribution is -2.38. The van der Waals surface area contributed by atoms with Crippen molar-refractivity contribution in [2.24, 2.45) is 0 Å².